The van der Waals surface area contributed by atoms with E-state index < -0.39 is 6.10 Å². The molecule has 0 aromatic heterocycles. The molecular weight excluding hydrogens is 284 g/mol. The van der Waals surface area contributed by atoms with Crippen LogP contribution in [-0.4, -0.2) is 21.1 Å². The SMILES string of the molecule is Cc1cc(C2Oc3cc(O)cc(O)c3CC2=O)cc(C)c1O. The Morgan fingerprint density at radius 1 is 1.05 bits per heavy atom. The number of carbonyl (C=O) groups excluding carboxylic acids is 1. The van der Waals surface area contributed by atoms with E-state index in [2.05, 4.69) is 0 Å². The predicted octanol–water partition coefficient (Wildman–Crippen LogP) is 2.67. The number of aryl methyl sites for hydroxylation is 2. The van der Waals surface area contributed by atoms with Gasteiger partial charge >= 0.3 is 0 Å². The normalized spacial score (nSPS) is 17.0. The summed E-state index contributed by atoms with van der Waals surface area (Å²) < 4.78 is 5.69. The summed E-state index contributed by atoms with van der Waals surface area (Å²) in [7, 11) is 0. The molecule has 0 saturated heterocycles. The minimum atomic E-state index is -0.813. The lowest BCUT2D eigenvalue weighted by Crippen LogP contribution is -2.26. The highest BCUT2D eigenvalue weighted by atomic mass is 16.5. The Balaban J connectivity index is 2.05. The molecule has 5 heteroatoms. The summed E-state index contributed by atoms with van der Waals surface area (Å²) in [4.78, 5) is 12.3. The molecule has 3 N–H and O–H groups in total. The molecule has 0 fully saturated rings. The molecule has 0 amide bonds. The van der Waals surface area contributed by atoms with Crippen molar-refractivity contribution >= 4 is 5.78 Å². The number of hydrogen-bond donors (Lipinski definition) is 3. The summed E-state index contributed by atoms with van der Waals surface area (Å²) in [5.74, 6) is 0.0356. The molecule has 1 aliphatic rings. The molecule has 2 aromatic rings. The molecule has 0 saturated carbocycles. The van der Waals surface area contributed by atoms with E-state index in [0.717, 1.165) is 0 Å². The second-order valence-corrected chi connectivity index (χ2v) is 5.59. The fraction of sp³-hybridized carbons (Fsp3) is 0.235. The van der Waals surface area contributed by atoms with Crippen molar-refractivity contribution in [3.63, 3.8) is 0 Å². The molecule has 0 bridgehead atoms. The fourth-order valence-electron chi connectivity index (χ4n) is 2.75. The highest BCUT2D eigenvalue weighted by Crippen LogP contribution is 2.41. The van der Waals surface area contributed by atoms with Gasteiger partial charge in [0.15, 0.2) is 11.9 Å². The number of phenolic OH excluding ortho intramolecular Hbond substituents is 3. The first kappa shape index (κ1) is 14.3. The molecular formula is C17H16O5. The van der Waals surface area contributed by atoms with Gasteiger partial charge in [-0.2, -0.15) is 0 Å². The Morgan fingerprint density at radius 2 is 1.68 bits per heavy atom. The molecule has 5 nitrogen and oxygen atoms in total. The van der Waals surface area contributed by atoms with Gasteiger partial charge in [-0.05, 0) is 37.1 Å². The van der Waals surface area contributed by atoms with Crippen LogP contribution in [0, 0.1) is 13.8 Å². The van der Waals surface area contributed by atoms with Crippen molar-refractivity contribution in [2.45, 2.75) is 26.4 Å². The average Bonchev–Trinajstić information content (AvgIpc) is 2.44. The number of hydrogen-bond acceptors (Lipinski definition) is 5. The highest BCUT2D eigenvalue weighted by Gasteiger charge is 2.32. The number of carbonyl (C=O) groups is 1. The summed E-state index contributed by atoms with van der Waals surface area (Å²) in [6, 6.07) is 5.98. The minimum Gasteiger partial charge on any atom is -0.508 e. The lowest BCUT2D eigenvalue weighted by Gasteiger charge is -2.26. The number of phenols is 3. The quantitative estimate of drug-likeness (QED) is 0.753. The van der Waals surface area contributed by atoms with E-state index in [1.807, 2.05) is 0 Å². The highest BCUT2D eigenvalue weighted by molar-refractivity contribution is 5.89. The number of rotatable bonds is 1. The first-order valence-electron chi connectivity index (χ1n) is 6.91. The smallest absolute Gasteiger partial charge is 0.182 e. The Labute approximate surface area is 127 Å². The first-order chi connectivity index (χ1) is 10.4. The van der Waals surface area contributed by atoms with Crippen LogP contribution < -0.4 is 4.74 Å². The van der Waals surface area contributed by atoms with Gasteiger partial charge in [0, 0.05) is 29.7 Å². The molecule has 1 aliphatic heterocycles. The van der Waals surface area contributed by atoms with Crippen LogP contribution in [-0.2, 0) is 11.2 Å². The van der Waals surface area contributed by atoms with E-state index in [9.17, 15) is 20.1 Å². The van der Waals surface area contributed by atoms with Gasteiger partial charge in [0.25, 0.3) is 0 Å². The van der Waals surface area contributed by atoms with Crippen LogP contribution in [0.15, 0.2) is 24.3 Å². The Morgan fingerprint density at radius 3 is 2.32 bits per heavy atom. The number of aromatic hydroxyl groups is 3. The van der Waals surface area contributed by atoms with Gasteiger partial charge in [-0.1, -0.05) is 0 Å². The van der Waals surface area contributed by atoms with Gasteiger partial charge in [0.1, 0.15) is 23.0 Å². The zero-order valence-electron chi connectivity index (χ0n) is 12.3. The topological polar surface area (TPSA) is 87.0 Å². The van der Waals surface area contributed by atoms with Crippen molar-refractivity contribution in [1.82, 2.24) is 0 Å². The van der Waals surface area contributed by atoms with Crippen molar-refractivity contribution in [3.05, 3.63) is 46.5 Å². The summed E-state index contributed by atoms with van der Waals surface area (Å²) in [5.41, 5.74) is 2.35. The van der Waals surface area contributed by atoms with Crippen LogP contribution in [0.4, 0.5) is 0 Å². The molecule has 22 heavy (non-hydrogen) atoms. The van der Waals surface area contributed by atoms with Crippen LogP contribution in [0.25, 0.3) is 0 Å². The van der Waals surface area contributed by atoms with E-state index >= 15 is 0 Å². The summed E-state index contributed by atoms with van der Waals surface area (Å²) in [6.07, 6.45) is -0.780. The number of Topliss-reactive ketones (excluding diaryl/α,β-unsaturated/α-hetero) is 1. The summed E-state index contributed by atoms with van der Waals surface area (Å²) in [6.45, 7) is 3.51. The Kier molecular flexibility index (Phi) is 3.20. The van der Waals surface area contributed by atoms with Gasteiger partial charge in [0.2, 0.25) is 0 Å². The molecule has 0 aliphatic carbocycles. The number of fused-ring (bicyclic) bond motifs is 1. The van der Waals surface area contributed by atoms with Crippen molar-refractivity contribution < 1.29 is 24.9 Å². The van der Waals surface area contributed by atoms with Crippen molar-refractivity contribution in [1.29, 1.82) is 0 Å². The number of ether oxygens (including phenoxy) is 1. The lowest BCUT2D eigenvalue weighted by molar-refractivity contribution is -0.126. The molecule has 2 aromatic carbocycles. The fourth-order valence-corrected chi connectivity index (χ4v) is 2.75. The van der Waals surface area contributed by atoms with E-state index in [1.54, 1.807) is 26.0 Å². The number of benzene rings is 2. The van der Waals surface area contributed by atoms with Crippen molar-refractivity contribution in [2.75, 3.05) is 0 Å². The molecule has 0 spiro atoms. The maximum Gasteiger partial charge on any atom is 0.182 e. The third-order valence-corrected chi connectivity index (χ3v) is 3.87. The van der Waals surface area contributed by atoms with Crippen LogP contribution in [0.2, 0.25) is 0 Å². The standard InChI is InChI=1S/C17H16O5/c1-8-3-10(4-9(2)16(8)21)17-14(20)7-12-13(19)5-11(18)6-15(12)22-17/h3-6,17-19,21H,7H2,1-2H3. The van der Waals surface area contributed by atoms with Gasteiger partial charge in [0.05, 0.1) is 0 Å². The van der Waals surface area contributed by atoms with E-state index in [1.165, 1.54) is 12.1 Å². The van der Waals surface area contributed by atoms with Crippen LogP contribution in [0.1, 0.15) is 28.4 Å². The van der Waals surface area contributed by atoms with E-state index in [-0.39, 0.29) is 29.5 Å². The maximum absolute atomic E-state index is 12.3. The predicted molar refractivity (Wildman–Crippen MR) is 79.4 cm³/mol. The first-order valence-corrected chi connectivity index (χ1v) is 6.91. The lowest BCUT2D eigenvalue weighted by atomic mass is 9.93. The van der Waals surface area contributed by atoms with Crippen molar-refractivity contribution in [3.8, 4) is 23.0 Å². The molecule has 1 atom stereocenters. The largest absolute Gasteiger partial charge is 0.508 e. The third-order valence-electron chi connectivity index (χ3n) is 3.87. The van der Waals surface area contributed by atoms with Gasteiger partial charge in [-0.25, -0.2) is 0 Å². The zero-order valence-corrected chi connectivity index (χ0v) is 12.3. The molecule has 114 valence electrons. The molecule has 1 heterocycles. The van der Waals surface area contributed by atoms with Gasteiger partial charge in [-0.3, -0.25) is 4.79 Å². The van der Waals surface area contributed by atoms with Crippen LogP contribution >= 0.6 is 0 Å². The monoisotopic (exact) mass is 300 g/mol. The van der Waals surface area contributed by atoms with E-state index in [0.29, 0.717) is 28.0 Å². The van der Waals surface area contributed by atoms with Gasteiger partial charge in [-0.15, -0.1) is 0 Å². The van der Waals surface area contributed by atoms with Crippen LogP contribution in [0.5, 0.6) is 23.0 Å². The number of ketones is 1. The van der Waals surface area contributed by atoms with Gasteiger partial charge < -0.3 is 20.1 Å². The van der Waals surface area contributed by atoms with Crippen LogP contribution in [0.3, 0.4) is 0 Å². The van der Waals surface area contributed by atoms with E-state index in [4.69, 9.17) is 4.74 Å². The maximum atomic E-state index is 12.3. The Hall–Kier alpha value is -2.69. The zero-order chi connectivity index (χ0) is 16.0. The second kappa shape index (κ2) is 4.94. The molecule has 0 radical (unpaired) electrons. The summed E-state index contributed by atoms with van der Waals surface area (Å²) in [5, 5.41) is 29.2. The van der Waals surface area contributed by atoms with Crippen molar-refractivity contribution in [2.24, 2.45) is 0 Å². The Bertz CT molecular complexity index is 756. The minimum absolute atomic E-state index is 0.0328. The second-order valence-electron chi connectivity index (χ2n) is 5.59. The third kappa shape index (κ3) is 2.24. The molecule has 3 rings (SSSR count). The molecule has 1 unspecified atom stereocenters. The average molecular weight is 300 g/mol. The summed E-state index contributed by atoms with van der Waals surface area (Å²) >= 11 is 0.